The third-order valence-electron chi connectivity index (χ3n) is 2.15. The molecule has 0 aliphatic carbocycles. The van der Waals surface area contributed by atoms with Crippen molar-refractivity contribution in [3.05, 3.63) is 29.3 Å². The van der Waals surface area contributed by atoms with Crippen molar-refractivity contribution in [2.75, 3.05) is 19.0 Å². The highest BCUT2D eigenvalue weighted by Gasteiger charge is 2.16. The van der Waals surface area contributed by atoms with Crippen LogP contribution in [0, 0.1) is 11.6 Å². The predicted molar refractivity (Wildman–Crippen MR) is 58.0 cm³/mol. The maximum absolute atomic E-state index is 13.5. The van der Waals surface area contributed by atoms with Crippen molar-refractivity contribution in [3.8, 4) is 0 Å². The van der Waals surface area contributed by atoms with E-state index in [1.54, 1.807) is 25.9 Å². The number of anilines is 1. The van der Waals surface area contributed by atoms with Crippen LogP contribution in [-0.2, 0) is 6.42 Å². The Bertz CT molecular complexity index is 349. The number of rotatable bonds is 3. The number of nitrogens with two attached hydrogens (primary N) is 1. The van der Waals surface area contributed by atoms with Crippen LogP contribution in [0.2, 0.25) is 0 Å². The number of halogens is 2. The minimum Gasteiger partial charge on any atom is -0.375 e. The van der Waals surface area contributed by atoms with Gasteiger partial charge in [0.25, 0.3) is 0 Å². The first kappa shape index (κ1) is 11.9. The van der Waals surface area contributed by atoms with Crippen LogP contribution in [0.1, 0.15) is 12.5 Å². The van der Waals surface area contributed by atoms with E-state index in [2.05, 4.69) is 0 Å². The summed E-state index contributed by atoms with van der Waals surface area (Å²) in [4.78, 5) is 1.57. The third-order valence-corrected chi connectivity index (χ3v) is 2.15. The van der Waals surface area contributed by atoms with Crippen molar-refractivity contribution >= 4 is 5.69 Å². The van der Waals surface area contributed by atoms with Gasteiger partial charge >= 0.3 is 0 Å². The molecule has 4 heteroatoms. The molecule has 0 saturated heterocycles. The van der Waals surface area contributed by atoms with E-state index in [0.29, 0.717) is 12.0 Å². The van der Waals surface area contributed by atoms with Gasteiger partial charge in [0.15, 0.2) is 0 Å². The van der Waals surface area contributed by atoms with Gasteiger partial charge < -0.3 is 10.6 Å². The minimum absolute atomic E-state index is 0.194. The molecule has 0 bridgehead atoms. The molecule has 2 nitrogen and oxygen atoms in total. The van der Waals surface area contributed by atoms with Gasteiger partial charge in [-0.05, 0) is 25.5 Å². The topological polar surface area (TPSA) is 29.3 Å². The van der Waals surface area contributed by atoms with E-state index in [0.717, 1.165) is 12.1 Å². The van der Waals surface area contributed by atoms with Crippen LogP contribution >= 0.6 is 0 Å². The van der Waals surface area contributed by atoms with Gasteiger partial charge in [0.2, 0.25) is 0 Å². The summed E-state index contributed by atoms with van der Waals surface area (Å²) in [5, 5.41) is 0. The molecule has 0 saturated carbocycles. The third kappa shape index (κ3) is 2.65. The summed E-state index contributed by atoms with van der Waals surface area (Å²) in [5.41, 5.74) is 6.23. The van der Waals surface area contributed by atoms with Crippen LogP contribution in [0.4, 0.5) is 14.5 Å². The van der Waals surface area contributed by atoms with Gasteiger partial charge in [-0.2, -0.15) is 0 Å². The quantitative estimate of drug-likeness (QED) is 0.833. The second kappa shape index (κ2) is 4.57. The molecule has 0 amide bonds. The van der Waals surface area contributed by atoms with Crippen molar-refractivity contribution < 1.29 is 8.78 Å². The van der Waals surface area contributed by atoms with Crippen LogP contribution in [0.15, 0.2) is 12.1 Å². The number of hydrogen-bond acceptors (Lipinski definition) is 2. The molecule has 1 aromatic rings. The molecule has 1 unspecified atom stereocenters. The van der Waals surface area contributed by atoms with Gasteiger partial charge in [-0.1, -0.05) is 0 Å². The van der Waals surface area contributed by atoms with Crippen molar-refractivity contribution in [3.63, 3.8) is 0 Å². The zero-order valence-electron chi connectivity index (χ0n) is 9.22. The molecular weight excluding hydrogens is 198 g/mol. The lowest BCUT2D eigenvalue weighted by atomic mass is 10.0. The summed E-state index contributed by atoms with van der Waals surface area (Å²) in [5.74, 6) is -0.825. The average molecular weight is 214 g/mol. The maximum atomic E-state index is 13.5. The summed E-state index contributed by atoms with van der Waals surface area (Å²) >= 11 is 0. The number of nitrogens with zero attached hydrogens (tertiary/aromatic N) is 1. The van der Waals surface area contributed by atoms with E-state index < -0.39 is 11.6 Å². The van der Waals surface area contributed by atoms with Gasteiger partial charge in [0.05, 0.1) is 5.69 Å². The van der Waals surface area contributed by atoms with Crippen molar-refractivity contribution in [2.45, 2.75) is 19.4 Å². The molecular formula is C11H16F2N2. The highest BCUT2D eigenvalue weighted by Crippen LogP contribution is 2.26. The first-order valence-corrected chi connectivity index (χ1v) is 4.83. The minimum atomic E-state index is -0.419. The van der Waals surface area contributed by atoms with Crippen molar-refractivity contribution in [1.29, 1.82) is 0 Å². The van der Waals surface area contributed by atoms with Gasteiger partial charge in [-0.25, -0.2) is 8.78 Å². The second-order valence-corrected chi connectivity index (χ2v) is 3.93. The summed E-state index contributed by atoms with van der Waals surface area (Å²) in [6.45, 7) is 1.77. The van der Waals surface area contributed by atoms with Gasteiger partial charge in [0.1, 0.15) is 11.6 Å². The van der Waals surface area contributed by atoms with Gasteiger partial charge in [0, 0.05) is 25.7 Å². The Labute approximate surface area is 88.7 Å². The molecule has 1 aromatic carbocycles. The number of hydrogen-bond donors (Lipinski definition) is 1. The van der Waals surface area contributed by atoms with E-state index in [9.17, 15) is 8.78 Å². The fourth-order valence-electron chi connectivity index (χ4n) is 1.58. The molecule has 0 aliphatic heterocycles. The zero-order chi connectivity index (χ0) is 11.6. The lowest BCUT2D eigenvalue weighted by molar-refractivity contribution is 0.574. The molecule has 0 aliphatic rings. The fourth-order valence-corrected chi connectivity index (χ4v) is 1.58. The summed E-state index contributed by atoms with van der Waals surface area (Å²) < 4.78 is 27.0. The smallest absolute Gasteiger partial charge is 0.146 e. The van der Waals surface area contributed by atoms with Crippen LogP contribution in [0.3, 0.4) is 0 Å². The lowest BCUT2D eigenvalue weighted by Crippen LogP contribution is -2.22. The molecule has 2 N–H and O–H groups in total. The largest absolute Gasteiger partial charge is 0.375 e. The lowest BCUT2D eigenvalue weighted by Gasteiger charge is -2.19. The van der Waals surface area contributed by atoms with Crippen LogP contribution in [0.5, 0.6) is 0 Å². The SMILES string of the molecule is CC(N)Cc1c(F)ccc(F)c1N(C)C. The highest BCUT2D eigenvalue weighted by molar-refractivity contribution is 5.54. The first-order chi connectivity index (χ1) is 6.93. The molecule has 0 heterocycles. The van der Waals surface area contributed by atoms with Gasteiger partial charge in [-0.3, -0.25) is 0 Å². The van der Waals surface area contributed by atoms with E-state index in [1.807, 2.05) is 0 Å². The molecule has 84 valence electrons. The highest BCUT2D eigenvalue weighted by atomic mass is 19.1. The van der Waals surface area contributed by atoms with Crippen LogP contribution in [-0.4, -0.2) is 20.1 Å². The Balaban J connectivity index is 3.25. The Morgan fingerprint density at radius 1 is 1.27 bits per heavy atom. The Morgan fingerprint density at radius 3 is 2.27 bits per heavy atom. The monoisotopic (exact) mass is 214 g/mol. The molecule has 0 radical (unpaired) electrons. The van der Waals surface area contributed by atoms with Crippen molar-refractivity contribution in [2.24, 2.45) is 5.73 Å². The van der Waals surface area contributed by atoms with E-state index in [-0.39, 0.29) is 11.7 Å². The Kier molecular flexibility index (Phi) is 3.63. The van der Waals surface area contributed by atoms with Crippen LogP contribution in [0.25, 0.3) is 0 Å². The molecule has 15 heavy (non-hydrogen) atoms. The van der Waals surface area contributed by atoms with Crippen LogP contribution < -0.4 is 10.6 Å². The van der Waals surface area contributed by atoms with Gasteiger partial charge in [-0.15, -0.1) is 0 Å². The second-order valence-electron chi connectivity index (χ2n) is 3.93. The molecule has 1 rings (SSSR count). The first-order valence-electron chi connectivity index (χ1n) is 4.83. The zero-order valence-corrected chi connectivity index (χ0v) is 9.22. The Morgan fingerprint density at radius 2 is 1.80 bits per heavy atom. The summed E-state index contributed by atoms with van der Waals surface area (Å²) in [6.07, 6.45) is 0.330. The molecule has 0 aromatic heterocycles. The molecule has 1 atom stereocenters. The normalized spacial score (nSPS) is 12.7. The molecule has 0 spiro atoms. The summed E-state index contributed by atoms with van der Waals surface area (Å²) in [7, 11) is 3.37. The predicted octanol–water partition coefficient (Wildman–Crippen LogP) is 1.92. The van der Waals surface area contributed by atoms with E-state index >= 15 is 0 Å². The maximum Gasteiger partial charge on any atom is 0.146 e. The fraction of sp³-hybridized carbons (Fsp3) is 0.455. The molecule has 0 fully saturated rings. The standard InChI is InChI=1S/C11H16F2N2/c1-7(14)6-8-9(12)4-5-10(13)11(8)15(2)3/h4-5,7H,6,14H2,1-3H3. The van der Waals surface area contributed by atoms with E-state index in [4.69, 9.17) is 5.73 Å². The van der Waals surface area contributed by atoms with E-state index in [1.165, 1.54) is 0 Å². The van der Waals surface area contributed by atoms with Crippen molar-refractivity contribution in [1.82, 2.24) is 0 Å². The number of benzene rings is 1. The summed E-state index contributed by atoms with van der Waals surface area (Å²) in [6, 6.07) is 2.08. The average Bonchev–Trinajstić information content (AvgIpc) is 2.10. The Hall–Kier alpha value is -1.16.